The van der Waals surface area contributed by atoms with Crippen LogP contribution in [0.15, 0.2) is 24.3 Å². The van der Waals surface area contributed by atoms with Crippen molar-refractivity contribution in [3.8, 4) is 0 Å². The van der Waals surface area contributed by atoms with Crippen LogP contribution in [0, 0.1) is 12.8 Å². The average molecular weight is 340 g/mol. The predicted octanol–water partition coefficient (Wildman–Crippen LogP) is 1.62. The number of halogens is 1. The van der Waals surface area contributed by atoms with E-state index in [2.05, 4.69) is 5.32 Å². The fourth-order valence-electron chi connectivity index (χ4n) is 2.47. The summed E-state index contributed by atoms with van der Waals surface area (Å²) in [6.07, 6.45) is 0.280. The summed E-state index contributed by atoms with van der Waals surface area (Å²) in [6, 6.07) is 8.10. The van der Waals surface area contributed by atoms with Gasteiger partial charge in [0.15, 0.2) is 0 Å². The molecule has 1 atom stereocenters. The lowest BCUT2D eigenvalue weighted by Crippen LogP contribution is -2.46. The van der Waals surface area contributed by atoms with Crippen molar-refractivity contribution in [3.05, 3.63) is 35.4 Å². The molecule has 2 rings (SSSR count). The number of likely N-dealkylation sites (tertiary alicyclic amines) is 1. The zero-order chi connectivity index (χ0) is 16.3. The number of nitrogens with zero attached hydrogens (tertiary/aromatic N) is 1. The average Bonchev–Trinajstić information content (AvgIpc) is 2.79. The molecule has 0 radical (unpaired) electrons. The van der Waals surface area contributed by atoms with E-state index in [9.17, 15) is 9.59 Å². The number of benzene rings is 1. The van der Waals surface area contributed by atoms with Gasteiger partial charge in [0.1, 0.15) is 0 Å². The first-order valence-electron chi connectivity index (χ1n) is 7.64. The maximum atomic E-state index is 12.1. The zero-order valence-electron chi connectivity index (χ0n) is 14.0. The van der Waals surface area contributed by atoms with Gasteiger partial charge < -0.3 is 16.0 Å². The molecule has 128 valence electrons. The lowest BCUT2D eigenvalue weighted by atomic mass is 10.1. The quantitative estimate of drug-likeness (QED) is 0.856. The molecule has 0 aromatic heterocycles. The summed E-state index contributed by atoms with van der Waals surface area (Å²) in [7, 11) is 0. The Kier molecular flexibility index (Phi) is 6.59. The van der Waals surface area contributed by atoms with Crippen LogP contribution in [0.25, 0.3) is 0 Å². The highest BCUT2D eigenvalue weighted by atomic mass is 35.5. The number of rotatable bonds is 5. The maximum Gasteiger partial charge on any atom is 0.225 e. The van der Waals surface area contributed by atoms with Gasteiger partial charge in [0.2, 0.25) is 11.8 Å². The fourth-order valence-corrected chi connectivity index (χ4v) is 2.47. The van der Waals surface area contributed by atoms with Crippen molar-refractivity contribution in [2.75, 3.05) is 13.1 Å². The Morgan fingerprint density at radius 1 is 1.35 bits per heavy atom. The van der Waals surface area contributed by atoms with Gasteiger partial charge in [-0.2, -0.15) is 0 Å². The van der Waals surface area contributed by atoms with E-state index in [0.29, 0.717) is 19.6 Å². The number of carbonyl (C=O) groups is 2. The molecule has 1 aromatic carbocycles. The molecule has 23 heavy (non-hydrogen) atoms. The molecule has 1 saturated heterocycles. The Bertz CT molecular complexity index is 552. The van der Waals surface area contributed by atoms with Gasteiger partial charge in [-0.05, 0) is 26.3 Å². The van der Waals surface area contributed by atoms with Crippen molar-refractivity contribution >= 4 is 24.2 Å². The van der Waals surface area contributed by atoms with Crippen LogP contribution in [0.1, 0.15) is 31.4 Å². The lowest BCUT2D eigenvalue weighted by molar-refractivity contribution is -0.129. The number of nitrogens with one attached hydrogen (secondary N) is 1. The number of hydrogen-bond donors (Lipinski definition) is 2. The van der Waals surface area contributed by atoms with E-state index in [-0.39, 0.29) is 36.6 Å². The van der Waals surface area contributed by atoms with Crippen molar-refractivity contribution in [3.63, 3.8) is 0 Å². The van der Waals surface area contributed by atoms with Crippen molar-refractivity contribution < 1.29 is 9.59 Å². The first-order chi connectivity index (χ1) is 10.2. The largest absolute Gasteiger partial charge is 0.354 e. The van der Waals surface area contributed by atoms with E-state index in [4.69, 9.17) is 5.73 Å². The molecule has 1 heterocycles. The predicted molar refractivity (Wildman–Crippen MR) is 93.2 cm³/mol. The Morgan fingerprint density at radius 2 is 1.96 bits per heavy atom. The molecule has 0 saturated carbocycles. The smallest absolute Gasteiger partial charge is 0.225 e. The first kappa shape index (κ1) is 19.5. The summed E-state index contributed by atoms with van der Waals surface area (Å²) in [4.78, 5) is 26.0. The molecular formula is C17H26ClN3O2. The van der Waals surface area contributed by atoms with Crippen LogP contribution < -0.4 is 11.1 Å². The number of nitrogens with two attached hydrogens (primary N) is 1. The second-order valence-corrected chi connectivity index (χ2v) is 6.87. The molecule has 1 aliphatic heterocycles. The standard InChI is InChI=1S/C17H25N3O2.ClH/c1-12-4-6-13(7-5-12)9-20-10-14(8-15(20)21)16(22)19-11-17(2,3)18;/h4-7,14H,8-11,18H2,1-3H3,(H,19,22);1H. The highest BCUT2D eigenvalue weighted by Gasteiger charge is 2.34. The summed E-state index contributed by atoms with van der Waals surface area (Å²) in [5, 5.41) is 2.83. The highest BCUT2D eigenvalue weighted by molar-refractivity contribution is 5.89. The Morgan fingerprint density at radius 3 is 2.52 bits per heavy atom. The van der Waals surface area contributed by atoms with Gasteiger partial charge in [0.05, 0.1) is 5.92 Å². The maximum absolute atomic E-state index is 12.1. The molecule has 1 unspecified atom stereocenters. The van der Waals surface area contributed by atoms with Crippen molar-refractivity contribution in [2.24, 2.45) is 11.7 Å². The molecule has 0 spiro atoms. The molecule has 1 aromatic rings. The lowest BCUT2D eigenvalue weighted by Gasteiger charge is -2.21. The molecular weight excluding hydrogens is 314 g/mol. The Balaban J connectivity index is 0.00000264. The summed E-state index contributed by atoms with van der Waals surface area (Å²) in [6.45, 7) is 7.20. The molecule has 0 aliphatic carbocycles. The molecule has 1 fully saturated rings. The zero-order valence-corrected chi connectivity index (χ0v) is 14.8. The number of hydrogen-bond acceptors (Lipinski definition) is 3. The van der Waals surface area contributed by atoms with Crippen molar-refractivity contribution in [1.82, 2.24) is 10.2 Å². The second kappa shape index (κ2) is 7.79. The summed E-state index contributed by atoms with van der Waals surface area (Å²) in [5.41, 5.74) is 7.69. The molecule has 3 N–H and O–H groups in total. The Labute approximate surface area is 144 Å². The van der Waals surface area contributed by atoms with Gasteiger partial charge in [-0.1, -0.05) is 29.8 Å². The van der Waals surface area contributed by atoms with Crippen LogP contribution >= 0.6 is 12.4 Å². The number of aryl methyl sites for hydroxylation is 1. The number of carbonyl (C=O) groups excluding carboxylic acids is 2. The molecule has 2 amide bonds. The van der Waals surface area contributed by atoms with Crippen LogP contribution in [0.4, 0.5) is 0 Å². The number of amides is 2. The molecule has 1 aliphatic rings. The van der Waals surface area contributed by atoms with Gasteiger partial charge in [-0.25, -0.2) is 0 Å². The van der Waals surface area contributed by atoms with Gasteiger partial charge in [-0.15, -0.1) is 12.4 Å². The van der Waals surface area contributed by atoms with E-state index in [0.717, 1.165) is 5.56 Å². The van der Waals surface area contributed by atoms with E-state index < -0.39 is 5.54 Å². The molecule has 0 bridgehead atoms. The molecule has 5 nitrogen and oxygen atoms in total. The topological polar surface area (TPSA) is 75.4 Å². The van der Waals surface area contributed by atoms with Crippen molar-refractivity contribution in [1.29, 1.82) is 0 Å². The highest BCUT2D eigenvalue weighted by Crippen LogP contribution is 2.20. The van der Waals surface area contributed by atoms with E-state index in [1.807, 2.05) is 45.0 Å². The van der Waals surface area contributed by atoms with Crippen LogP contribution in [0.5, 0.6) is 0 Å². The van der Waals surface area contributed by atoms with Gasteiger partial charge in [0.25, 0.3) is 0 Å². The van der Waals surface area contributed by atoms with Crippen LogP contribution in [-0.4, -0.2) is 35.3 Å². The Hall–Kier alpha value is -1.59. The third kappa shape index (κ3) is 5.84. The van der Waals surface area contributed by atoms with Crippen molar-refractivity contribution in [2.45, 2.75) is 39.3 Å². The second-order valence-electron chi connectivity index (χ2n) is 6.87. The summed E-state index contributed by atoms with van der Waals surface area (Å²) in [5.74, 6) is -0.327. The third-order valence-corrected chi connectivity index (χ3v) is 3.80. The van der Waals surface area contributed by atoms with E-state index in [1.54, 1.807) is 4.90 Å². The third-order valence-electron chi connectivity index (χ3n) is 3.80. The first-order valence-corrected chi connectivity index (χ1v) is 7.64. The minimum absolute atomic E-state index is 0. The fraction of sp³-hybridized carbons (Fsp3) is 0.529. The monoisotopic (exact) mass is 339 g/mol. The minimum atomic E-state index is -0.445. The summed E-state index contributed by atoms with van der Waals surface area (Å²) < 4.78 is 0. The molecule has 6 heteroatoms. The van der Waals surface area contributed by atoms with Crippen LogP contribution in [-0.2, 0) is 16.1 Å². The minimum Gasteiger partial charge on any atom is -0.354 e. The SMILES string of the molecule is Cc1ccc(CN2CC(C(=O)NCC(C)(C)N)CC2=O)cc1.Cl. The van der Waals surface area contributed by atoms with Gasteiger partial charge in [-0.3, -0.25) is 9.59 Å². The van der Waals surface area contributed by atoms with Crippen LogP contribution in [0.2, 0.25) is 0 Å². The normalized spacial score (nSPS) is 17.8. The van der Waals surface area contributed by atoms with Gasteiger partial charge >= 0.3 is 0 Å². The van der Waals surface area contributed by atoms with Gasteiger partial charge in [0, 0.05) is 31.6 Å². The van der Waals surface area contributed by atoms with Crippen LogP contribution in [0.3, 0.4) is 0 Å². The van der Waals surface area contributed by atoms with E-state index >= 15 is 0 Å². The summed E-state index contributed by atoms with van der Waals surface area (Å²) >= 11 is 0. The van der Waals surface area contributed by atoms with E-state index in [1.165, 1.54) is 5.56 Å².